The van der Waals surface area contributed by atoms with Crippen molar-refractivity contribution >= 4 is 39.8 Å². The van der Waals surface area contributed by atoms with Crippen LogP contribution in [0.25, 0.3) is 5.57 Å². The van der Waals surface area contributed by atoms with Gasteiger partial charge in [0.25, 0.3) is 0 Å². The first kappa shape index (κ1) is 21.1. The quantitative estimate of drug-likeness (QED) is 0.601. The summed E-state index contributed by atoms with van der Waals surface area (Å²) in [7, 11) is 15.6. The van der Waals surface area contributed by atoms with Crippen LogP contribution in [0, 0.1) is 6.92 Å². The lowest BCUT2D eigenvalue weighted by Crippen LogP contribution is -2.27. The minimum absolute atomic E-state index is 0.289. The number of anilines is 1. The summed E-state index contributed by atoms with van der Waals surface area (Å²) in [6.07, 6.45) is 5.84. The van der Waals surface area contributed by atoms with Crippen LogP contribution in [0.4, 0.5) is 5.95 Å². The summed E-state index contributed by atoms with van der Waals surface area (Å²) in [5.41, 5.74) is 5.27. The Labute approximate surface area is 169 Å². The molecule has 0 amide bonds. The molecule has 8 heteroatoms. The number of aromatic nitrogens is 3. The lowest BCUT2D eigenvalue weighted by Gasteiger charge is -2.22. The molecule has 2 heterocycles. The second-order valence-corrected chi connectivity index (χ2v) is 7.11. The van der Waals surface area contributed by atoms with Gasteiger partial charge in [0, 0.05) is 32.1 Å². The van der Waals surface area contributed by atoms with Gasteiger partial charge in [0.15, 0.2) is 0 Å². The molecule has 0 aliphatic rings. The summed E-state index contributed by atoms with van der Waals surface area (Å²) < 4.78 is 0.754. The van der Waals surface area contributed by atoms with Crippen molar-refractivity contribution in [1.82, 2.24) is 14.5 Å². The van der Waals surface area contributed by atoms with Crippen LogP contribution >= 0.6 is 12.6 Å². The third kappa shape index (κ3) is 5.16. The maximum absolute atomic E-state index is 5.95. The second kappa shape index (κ2) is 8.65. The van der Waals surface area contributed by atoms with Gasteiger partial charge in [-0.3, -0.25) is 0 Å². The molecule has 0 aliphatic carbocycles. The molecule has 2 aromatic rings. The van der Waals surface area contributed by atoms with Crippen molar-refractivity contribution in [2.75, 3.05) is 12.4 Å². The van der Waals surface area contributed by atoms with E-state index in [1.807, 2.05) is 49.9 Å². The van der Waals surface area contributed by atoms with E-state index >= 15 is 0 Å². The van der Waals surface area contributed by atoms with Crippen LogP contribution in [-0.4, -0.2) is 41.8 Å². The van der Waals surface area contributed by atoms with Crippen molar-refractivity contribution in [1.29, 1.82) is 0 Å². The molecular weight excluding hydrogens is 352 g/mol. The van der Waals surface area contributed by atoms with Crippen LogP contribution in [0.3, 0.4) is 0 Å². The van der Waals surface area contributed by atoms with Crippen molar-refractivity contribution in [3.63, 3.8) is 0 Å². The standard InChI is InChI=1S/C19H23B2N5S/c1-6-14(13-8-9-16(23-7-2)26(5)11-13)17-12(3)24-18(22-4)25-15(17)10-19(20,21)27/h6-9,11,27H,2,10H2,1,3-5H3,(H,22,24,25)/b14-6-,23-16?. The van der Waals surface area contributed by atoms with E-state index < -0.39 is 4.55 Å². The van der Waals surface area contributed by atoms with Crippen molar-refractivity contribution in [2.45, 2.75) is 24.8 Å². The largest absolute Gasteiger partial charge is 0.357 e. The highest BCUT2D eigenvalue weighted by Gasteiger charge is 2.21. The van der Waals surface area contributed by atoms with E-state index in [0.717, 1.165) is 33.6 Å². The number of nitrogens with zero attached hydrogens (tertiary/aromatic N) is 4. The highest BCUT2D eigenvalue weighted by molar-refractivity contribution is 7.84. The molecule has 0 aromatic carbocycles. The predicted octanol–water partition coefficient (Wildman–Crippen LogP) is 2.12. The topological polar surface area (TPSA) is 55.1 Å². The van der Waals surface area contributed by atoms with E-state index in [0.29, 0.717) is 5.95 Å². The minimum Gasteiger partial charge on any atom is -0.357 e. The number of rotatable bonds is 6. The van der Waals surface area contributed by atoms with E-state index in [2.05, 4.69) is 39.5 Å². The van der Waals surface area contributed by atoms with E-state index in [4.69, 9.17) is 15.7 Å². The van der Waals surface area contributed by atoms with Crippen LogP contribution in [0.2, 0.25) is 0 Å². The molecular formula is C19H23B2N5S. The zero-order valence-electron chi connectivity index (χ0n) is 16.2. The molecule has 27 heavy (non-hydrogen) atoms. The molecule has 0 spiro atoms. The number of hydrogen-bond acceptors (Lipinski definition) is 5. The number of pyridine rings is 1. The lowest BCUT2D eigenvalue weighted by atomic mass is 9.66. The van der Waals surface area contributed by atoms with E-state index in [1.165, 1.54) is 6.20 Å². The second-order valence-electron chi connectivity index (χ2n) is 6.27. The van der Waals surface area contributed by atoms with Crippen molar-refractivity contribution in [3.8, 4) is 0 Å². The van der Waals surface area contributed by atoms with Gasteiger partial charge >= 0.3 is 0 Å². The van der Waals surface area contributed by atoms with Gasteiger partial charge in [0.1, 0.15) is 5.49 Å². The van der Waals surface area contributed by atoms with Gasteiger partial charge in [-0.25, -0.2) is 15.0 Å². The average molecular weight is 375 g/mol. The van der Waals surface area contributed by atoms with Gasteiger partial charge in [-0.15, -0.1) is 0 Å². The normalized spacial score (nSPS) is 12.9. The van der Waals surface area contributed by atoms with Gasteiger partial charge in [-0.2, -0.15) is 12.6 Å². The Bertz CT molecular complexity index is 942. The Balaban J connectivity index is 2.68. The van der Waals surface area contributed by atoms with Crippen molar-refractivity contribution < 1.29 is 0 Å². The summed E-state index contributed by atoms with van der Waals surface area (Å²) >= 11 is 4.28. The fraction of sp³-hybridized carbons (Fsp3) is 0.316. The van der Waals surface area contributed by atoms with Crippen LogP contribution < -0.4 is 10.8 Å². The Hall–Kier alpha value is -2.21. The van der Waals surface area contributed by atoms with E-state index in [9.17, 15) is 0 Å². The first-order valence-corrected chi connectivity index (χ1v) is 8.98. The molecule has 0 bridgehead atoms. The first-order valence-electron chi connectivity index (χ1n) is 8.54. The highest BCUT2D eigenvalue weighted by Crippen LogP contribution is 2.30. The summed E-state index contributed by atoms with van der Waals surface area (Å²) in [6, 6.07) is 3.94. The van der Waals surface area contributed by atoms with Crippen LogP contribution in [-0.2, 0) is 13.5 Å². The van der Waals surface area contributed by atoms with Crippen molar-refractivity contribution in [2.24, 2.45) is 12.0 Å². The number of allylic oxidation sites excluding steroid dienone is 1. The Kier molecular flexibility index (Phi) is 6.76. The summed E-state index contributed by atoms with van der Waals surface area (Å²) in [6.45, 7) is 7.57. The van der Waals surface area contributed by atoms with Gasteiger partial charge < -0.3 is 9.88 Å². The molecule has 0 saturated carbocycles. The molecule has 0 fully saturated rings. The van der Waals surface area contributed by atoms with Gasteiger partial charge in [-0.05, 0) is 43.5 Å². The zero-order valence-corrected chi connectivity index (χ0v) is 17.1. The van der Waals surface area contributed by atoms with E-state index in [-0.39, 0.29) is 6.42 Å². The SMILES string of the molecule is [B]C([B])(S)Cc1nc(NC)nc(C)c1/C(=C\C)c1ccc(=NC=C)n(C)c1. The van der Waals surface area contributed by atoms with Gasteiger partial charge in [0.2, 0.25) is 5.95 Å². The summed E-state index contributed by atoms with van der Waals surface area (Å²) in [5.74, 6) is 0.518. The molecule has 0 atom stereocenters. The molecule has 2 rings (SSSR count). The highest BCUT2D eigenvalue weighted by atomic mass is 32.1. The number of nitrogens with one attached hydrogen (secondary N) is 1. The first-order chi connectivity index (χ1) is 12.7. The minimum atomic E-state index is -1.18. The Morgan fingerprint density at radius 3 is 2.63 bits per heavy atom. The van der Waals surface area contributed by atoms with Gasteiger partial charge in [0.05, 0.1) is 27.1 Å². The Morgan fingerprint density at radius 2 is 2.11 bits per heavy atom. The maximum Gasteiger partial charge on any atom is 0.222 e. The molecule has 136 valence electrons. The monoisotopic (exact) mass is 375 g/mol. The molecule has 0 unspecified atom stereocenters. The maximum atomic E-state index is 5.95. The third-order valence-electron chi connectivity index (χ3n) is 4.04. The summed E-state index contributed by atoms with van der Waals surface area (Å²) in [5, 5.41) is 2.97. The lowest BCUT2D eigenvalue weighted by molar-refractivity contribution is 0.831. The predicted molar refractivity (Wildman–Crippen MR) is 117 cm³/mol. The van der Waals surface area contributed by atoms with E-state index in [1.54, 1.807) is 7.05 Å². The number of hydrogen-bond donors (Lipinski definition) is 2. The third-order valence-corrected chi connectivity index (χ3v) is 4.20. The van der Waals surface area contributed by atoms with Crippen LogP contribution in [0.1, 0.15) is 29.4 Å². The average Bonchev–Trinajstić information content (AvgIpc) is 2.58. The molecule has 4 radical (unpaired) electrons. The molecule has 5 nitrogen and oxygen atoms in total. The summed E-state index contributed by atoms with van der Waals surface area (Å²) in [4.78, 5) is 13.4. The zero-order chi connectivity index (χ0) is 20.2. The van der Waals surface area contributed by atoms with Crippen LogP contribution in [0.15, 0.2) is 42.2 Å². The number of thiol groups is 1. The van der Waals surface area contributed by atoms with Crippen LogP contribution in [0.5, 0.6) is 0 Å². The van der Waals surface area contributed by atoms with Crippen molar-refractivity contribution in [3.05, 3.63) is 65.2 Å². The fourth-order valence-electron chi connectivity index (χ4n) is 2.93. The number of aryl methyl sites for hydroxylation is 2. The molecule has 0 aliphatic heterocycles. The Morgan fingerprint density at radius 1 is 1.41 bits per heavy atom. The molecule has 0 saturated heterocycles. The molecule has 2 aromatic heterocycles. The smallest absolute Gasteiger partial charge is 0.222 e. The van der Waals surface area contributed by atoms with Gasteiger partial charge in [-0.1, -0.05) is 17.2 Å². The fourth-order valence-corrected chi connectivity index (χ4v) is 3.08. The molecule has 1 N–H and O–H groups in total.